The third-order valence-corrected chi connectivity index (χ3v) is 3.43. The molecule has 0 atom stereocenters. The van der Waals surface area contributed by atoms with E-state index < -0.39 is 5.97 Å². The van der Waals surface area contributed by atoms with Gasteiger partial charge in [-0.1, -0.05) is 12.1 Å². The molecule has 20 heavy (non-hydrogen) atoms. The highest BCUT2D eigenvalue weighted by Gasteiger charge is 2.34. The highest BCUT2D eigenvalue weighted by molar-refractivity contribution is 6.07. The Morgan fingerprint density at radius 1 is 1.25 bits per heavy atom. The average molecular weight is 270 g/mol. The molecule has 0 aliphatic heterocycles. The van der Waals surface area contributed by atoms with Gasteiger partial charge >= 0.3 is 5.97 Å². The number of carbonyl (C=O) groups excluding carboxylic acids is 1. The second-order valence-corrected chi connectivity index (χ2v) is 4.93. The van der Waals surface area contributed by atoms with Crippen molar-refractivity contribution in [1.29, 1.82) is 0 Å². The SMILES string of the molecule is O=C(O)CN(C(=O)c1cccc2ncccc12)C1CC1. The number of aliphatic carboxylic acids is 1. The van der Waals surface area contributed by atoms with Gasteiger partial charge in [0.05, 0.1) is 5.52 Å². The monoisotopic (exact) mass is 270 g/mol. The minimum Gasteiger partial charge on any atom is -0.480 e. The number of amides is 1. The Balaban J connectivity index is 2.00. The molecule has 1 N–H and O–H groups in total. The molecule has 102 valence electrons. The van der Waals surface area contributed by atoms with E-state index in [1.165, 1.54) is 4.90 Å². The maximum absolute atomic E-state index is 12.6. The smallest absolute Gasteiger partial charge is 0.323 e. The summed E-state index contributed by atoms with van der Waals surface area (Å²) in [4.78, 5) is 29.2. The fourth-order valence-electron chi connectivity index (χ4n) is 2.34. The molecule has 3 rings (SSSR count). The van der Waals surface area contributed by atoms with Crippen molar-refractivity contribution in [3.8, 4) is 0 Å². The first-order chi connectivity index (χ1) is 9.66. The van der Waals surface area contributed by atoms with Crippen LogP contribution < -0.4 is 0 Å². The molecule has 2 aromatic rings. The summed E-state index contributed by atoms with van der Waals surface area (Å²) in [5.41, 5.74) is 1.26. The second kappa shape index (κ2) is 4.92. The predicted molar refractivity (Wildman–Crippen MR) is 73.4 cm³/mol. The first-order valence-electron chi connectivity index (χ1n) is 6.53. The van der Waals surface area contributed by atoms with Gasteiger partial charge in [0.25, 0.3) is 5.91 Å². The third kappa shape index (κ3) is 2.34. The number of aromatic nitrogens is 1. The largest absolute Gasteiger partial charge is 0.480 e. The third-order valence-electron chi connectivity index (χ3n) is 3.43. The maximum Gasteiger partial charge on any atom is 0.323 e. The Kier molecular flexibility index (Phi) is 3.10. The number of fused-ring (bicyclic) bond motifs is 1. The summed E-state index contributed by atoms with van der Waals surface area (Å²) < 4.78 is 0. The van der Waals surface area contributed by atoms with Crippen LogP contribution in [0.3, 0.4) is 0 Å². The van der Waals surface area contributed by atoms with Crippen LogP contribution in [0.2, 0.25) is 0 Å². The Hall–Kier alpha value is -2.43. The fraction of sp³-hybridized carbons (Fsp3) is 0.267. The van der Waals surface area contributed by atoms with Crippen LogP contribution in [0.5, 0.6) is 0 Å². The number of hydrogen-bond acceptors (Lipinski definition) is 3. The molecule has 1 saturated carbocycles. The van der Waals surface area contributed by atoms with Gasteiger partial charge in [-0.15, -0.1) is 0 Å². The lowest BCUT2D eigenvalue weighted by atomic mass is 10.1. The minimum atomic E-state index is -0.983. The van der Waals surface area contributed by atoms with E-state index in [4.69, 9.17) is 5.11 Å². The number of benzene rings is 1. The van der Waals surface area contributed by atoms with Crippen LogP contribution in [-0.4, -0.2) is 39.5 Å². The summed E-state index contributed by atoms with van der Waals surface area (Å²) in [6, 6.07) is 9.01. The molecule has 0 unspecified atom stereocenters. The zero-order chi connectivity index (χ0) is 14.1. The van der Waals surface area contributed by atoms with E-state index in [1.807, 2.05) is 12.1 Å². The van der Waals surface area contributed by atoms with Gasteiger partial charge in [-0.2, -0.15) is 0 Å². The maximum atomic E-state index is 12.6. The predicted octanol–water partition coefficient (Wildman–Crippen LogP) is 1.92. The molecule has 1 fully saturated rings. The van der Waals surface area contributed by atoms with Gasteiger partial charge < -0.3 is 10.0 Å². The molecule has 5 heteroatoms. The molecule has 1 aliphatic carbocycles. The van der Waals surface area contributed by atoms with Crippen molar-refractivity contribution in [2.45, 2.75) is 18.9 Å². The van der Waals surface area contributed by atoms with E-state index in [-0.39, 0.29) is 18.5 Å². The van der Waals surface area contributed by atoms with Crippen molar-refractivity contribution in [3.05, 3.63) is 42.1 Å². The number of pyridine rings is 1. The molecule has 1 heterocycles. The minimum absolute atomic E-state index is 0.0607. The van der Waals surface area contributed by atoms with Crippen LogP contribution in [0, 0.1) is 0 Å². The van der Waals surface area contributed by atoms with Crippen molar-refractivity contribution in [2.75, 3.05) is 6.54 Å². The van der Waals surface area contributed by atoms with Crippen LogP contribution in [0.4, 0.5) is 0 Å². The Morgan fingerprint density at radius 3 is 2.75 bits per heavy atom. The number of rotatable bonds is 4. The molecule has 5 nitrogen and oxygen atoms in total. The van der Waals surface area contributed by atoms with Crippen LogP contribution in [0.25, 0.3) is 10.9 Å². The van der Waals surface area contributed by atoms with E-state index in [1.54, 1.807) is 24.4 Å². The lowest BCUT2D eigenvalue weighted by Crippen LogP contribution is -2.37. The average Bonchev–Trinajstić information content (AvgIpc) is 3.28. The number of hydrogen-bond donors (Lipinski definition) is 1. The van der Waals surface area contributed by atoms with E-state index >= 15 is 0 Å². The highest BCUT2D eigenvalue weighted by atomic mass is 16.4. The molecule has 0 spiro atoms. The van der Waals surface area contributed by atoms with Gasteiger partial charge in [0.15, 0.2) is 0 Å². The van der Waals surface area contributed by atoms with Gasteiger partial charge in [-0.25, -0.2) is 0 Å². The summed E-state index contributed by atoms with van der Waals surface area (Å²) in [5.74, 6) is -1.21. The summed E-state index contributed by atoms with van der Waals surface area (Å²) in [6.07, 6.45) is 3.43. The van der Waals surface area contributed by atoms with Crippen LogP contribution >= 0.6 is 0 Å². The number of carbonyl (C=O) groups is 2. The van der Waals surface area contributed by atoms with Crippen LogP contribution in [0.15, 0.2) is 36.5 Å². The van der Waals surface area contributed by atoms with Gasteiger partial charge in [0.1, 0.15) is 6.54 Å². The first-order valence-corrected chi connectivity index (χ1v) is 6.53. The van der Waals surface area contributed by atoms with E-state index in [2.05, 4.69) is 4.98 Å². The van der Waals surface area contributed by atoms with E-state index in [9.17, 15) is 9.59 Å². The zero-order valence-electron chi connectivity index (χ0n) is 10.8. The Labute approximate surface area is 115 Å². The zero-order valence-corrected chi connectivity index (χ0v) is 10.8. The molecule has 1 aliphatic rings. The molecular formula is C15H14N2O3. The molecule has 0 bridgehead atoms. The second-order valence-electron chi connectivity index (χ2n) is 4.93. The summed E-state index contributed by atoms with van der Waals surface area (Å²) in [7, 11) is 0. The lowest BCUT2D eigenvalue weighted by molar-refractivity contribution is -0.137. The number of carboxylic acids is 1. The molecule has 1 amide bonds. The van der Waals surface area contributed by atoms with Crippen molar-refractivity contribution >= 4 is 22.8 Å². The molecular weight excluding hydrogens is 256 g/mol. The highest BCUT2D eigenvalue weighted by Crippen LogP contribution is 2.29. The van der Waals surface area contributed by atoms with Crippen molar-refractivity contribution in [2.24, 2.45) is 0 Å². The topological polar surface area (TPSA) is 70.5 Å². The lowest BCUT2D eigenvalue weighted by Gasteiger charge is -2.21. The number of nitrogens with zero attached hydrogens (tertiary/aromatic N) is 2. The fourth-order valence-corrected chi connectivity index (χ4v) is 2.34. The first kappa shape index (κ1) is 12.6. The molecule has 1 aromatic heterocycles. The van der Waals surface area contributed by atoms with Crippen molar-refractivity contribution < 1.29 is 14.7 Å². The standard InChI is InChI=1S/C15H14N2O3/c18-14(19)9-17(10-6-7-10)15(20)12-3-1-5-13-11(12)4-2-8-16-13/h1-5,8,10H,6-7,9H2,(H,18,19). The van der Waals surface area contributed by atoms with Crippen LogP contribution in [-0.2, 0) is 4.79 Å². The van der Waals surface area contributed by atoms with Crippen molar-refractivity contribution in [1.82, 2.24) is 9.88 Å². The molecule has 0 saturated heterocycles. The van der Waals surface area contributed by atoms with E-state index in [0.29, 0.717) is 5.56 Å². The Morgan fingerprint density at radius 2 is 2.05 bits per heavy atom. The molecule has 1 aromatic carbocycles. The van der Waals surface area contributed by atoms with Crippen molar-refractivity contribution in [3.63, 3.8) is 0 Å². The summed E-state index contributed by atoms with van der Waals surface area (Å²) in [5, 5.41) is 9.72. The Bertz CT molecular complexity index is 674. The van der Waals surface area contributed by atoms with Gasteiger partial charge in [0.2, 0.25) is 0 Å². The van der Waals surface area contributed by atoms with Crippen LogP contribution in [0.1, 0.15) is 23.2 Å². The molecule has 0 radical (unpaired) electrons. The summed E-state index contributed by atoms with van der Waals surface area (Å²) in [6.45, 7) is -0.250. The van der Waals surface area contributed by atoms with E-state index in [0.717, 1.165) is 23.7 Å². The number of carboxylic acid groups (broad SMARTS) is 1. The quantitative estimate of drug-likeness (QED) is 0.921. The normalized spacial score (nSPS) is 14.2. The van der Waals surface area contributed by atoms with Gasteiger partial charge in [0, 0.05) is 23.2 Å². The summed E-state index contributed by atoms with van der Waals surface area (Å²) >= 11 is 0. The van der Waals surface area contributed by atoms with Gasteiger partial charge in [-0.3, -0.25) is 14.6 Å². The van der Waals surface area contributed by atoms with Gasteiger partial charge in [-0.05, 0) is 31.0 Å².